The Labute approximate surface area is 193 Å². The molecule has 0 atom stereocenters. The van der Waals surface area contributed by atoms with Gasteiger partial charge in [-0.3, -0.25) is 9.69 Å². The second-order valence-corrected chi connectivity index (χ2v) is 9.28. The van der Waals surface area contributed by atoms with E-state index in [4.69, 9.17) is 4.98 Å². The van der Waals surface area contributed by atoms with Gasteiger partial charge in [0.05, 0.1) is 16.8 Å². The number of nitrogens with zero attached hydrogens (tertiary/aromatic N) is 5. The number of aryl methyl sites for hydroxylation is 2. The molecule has 0 saturated carbocycles. The number of hydrogen-bond donors (Lipinski definition) is 0. The predicted octanol–water partition coefficient (Wildman–Crippen LogP) is 5.67. The van der Waals surface area contributed by atoms with Crippen LogP contribution in [0, 0.1) is 13.8 Å². The van der Waals surface area contributed by atoms with Gasteiger partial charge in [0.2, 0.25) is 0 Å². The normalized spacial score (nSPS) is 11.1. The van der Waals surface area contributed by atoms with Gasteiger partial charge in [0.25, 0.3) is 5.91 Å². The van der Waals surface area contributed by atoms with Crippen LogP contribution in [0.5, 0.6) is 0 Å². The lowest BCUT2D eigenvalue weighted by Crippen LogP contribution is -2.30. The van der Waals surface area contributed by atoms with Crippen molar-refractivity contribution in [2.45, 2.75) is 20.4 Å². The molecule has 0 bridgehead atoms. The van der Waals surface area contributed by atoms with E-state index in [2.05, 4.69) is 40.9 Å². The van der Waals surface area contributed by atoms with Gasteiger partial charge in [0, 0.05) is 17.8 Å². The third kappa shape index (κ3) is 4.02. The van der Waals surface area contributed by atoms with Crippen molar-refractivity contribution >= 4 is 43.9 Å². The van der Waals surface area contributed by atoms with E-state index < -0.39 is 0 Å². The standard InChI is InChI=1S/C24H19N5OS2/c1-15-11-16(2)20-19(12-15)32-24(28-20)29(13-17-7-4-3-5-8-17)23(30)18-14-31-22(27-18)21-25-9-6-10-26-21/h3-12,14H,13H2,1-2H3. The minimum atomic E-state index is -0.194. The number of hydrogen-bond acceptors (Lipinski definition) is 7. The second-order valence-electron chi connectivity index (χ2n) is 7.41. The molecule has 158 valence electrons. The topological polar surface area (TPSA) is 71.9 Å². The smallest absolute Gasteiger partial charge is 0.278 e. The molecular formula is C24H19N5OS2. The first kappa shape index (κ1) is 20.4. The van der Waals surface area contributed by atoms with Gasteiger partial charge in [0.1, 0.15) is 5.69 Å². The van der Waals surface area contributed by atoms with Crippen molar-refractivity contribution in [3.05, 3.63) is 88.7 Å². The Hall–Kier alpha value is -3.49. The van der Waals surface area contributed by atoms with E-state index in [1.807, 2.05) is 30.3 Å². The van der Waals surface area contributed by atoms with E-state index in [-0.39, 0.29) is 5.91 Å². The molecule has 0 aliphatic rings. The Bertz CT molecular complexity index is 1400. The van der Waals surface area contributed by atoms with Crippen LogP contribution in [0.3, 0.4) is 0 Å². The van der Waals surface area contributed by atoms with Crippen molar-refractivity contribution in [2.24, 2.45) is 0 Å². The quantitative estimate of drug-likeness (QED) is 0.340. The second kappa shape index (κ2) is 8.57. The Kier molecular flexibility index (Phi) is 5.46. The molecule has 8 heteroatoms. The van der Waals surface area contributed by atoms with Crippen LogP contribution in [-0.2, 0) is 6.54 Å². The summed E-state index contributed by atoms with van der Waals surface area (Å²) in [6.45, 7) is 4.53. The van der Waals surface area contributed by atoms with E-state index in [9.17, 15) is 4.79 Å². The van der Waals surface area contributed by atoms with Gasteiger partial charge in [-0.25, -0.2) is 19.9 Å². The van der Waals surface area contributed by atoms with Crippen molar-refractivity contribution in [2.75, 3.05) is 4.90 Å². The highest BCUT2D eigenvalue weighted by Crippen LogP contribution is 2.33. The maximum Gasteiger partial charge on any atom is 0.279 e. The summed E-state index contributed by atoms with van der Waals surface area (Å²) < 4.78 is 1.07. The first-order chi connectivity index (χ1) is 15.6. The molecule has 0 aliphatic carbocycles. The largest absolute Gasteiger partial charge is 0.279 e. The molecule has 0 aliphatic heterocycles. The average molecular weight is 458 g/mol. The highest BCUT2D eigenvalue weighted by atomic mass is 32.1. The van der Waals surface area contributed by atoms with Crippen LogP contribution in [0.4, 0.5) is 5.13 Å². The van der Waals surface area contributed by atoms with Crippen LogP contribution in [0.1, 0.15) is 27.2 Å². The fourth-order valence-corrected chi connectivity index (χ4v) is 5.37. The Morgan fingerprint density at radius 2 is 1.78 bits per heavy atom. The predicted molar refractivity (Wildman–Crippen MR) is 129 cm³/mol. The number of thiazole rings is 2. The molecule has 6 nitrogen and oxygen atoms in total. The van der Waals surface area contributed by atoms with Gasteiger partial charge >= 0.3 is 0 Å². The first-order valence-electron chi connectivity index (χ1n) is 10.0. The molecule has 1 amide bonds. The zero-order valence-electron chi connectivity index (χ0n) is 17.5. The van der Waals surface area contributed by atoms with E-state index >= 15 is 0 Å². The number of fused-ring (bicyclic) bond motifs is 1. The van der Waals surface area contributed by atoms with Crippen LogP contribution in [0.25, 0.3) is 21.0 Å². The number of rotatable bonds is 5. The SMILES string of the molecule is Cc1cc(C)c2nc(N(Cc3ccccc3)C(=O)c3csc(-c4ncccn4)n3)sc2c1. The molecule has 2 aromatic carbocycles. The highest BCUT2D eigenvalue weighted by molar-refractivity contribution is 7.22. The van der Waals surface area contributed by atoms with Crippen LogP contribution in [0.15, 0.2) is 66.3 Å². The molecule has 0 radical (unpaired) electrons. The molecule has 0 unspecified atom stereocenters. The number of benzene rings is 2. The monoisotopic (exact) mass is 457 g/mol. The molecule has 32 heavy (non-hydrogen) atoms. The minimum Gasteiger partial charge on any atom is -0.278 e. The van der Waals surface area contributed by atoms with Gasteiger partial charge in [-0.05, 0) is 42.7 Å². The van der Waals surface area contributed by atoms with Gasteiger partial charge < -0.3 is 0 Å². The van der Waals surface area contributed by atoms with Crippen LogP contribution in [0.2, 0.25) is 0 Å². The summed E-state index contributed by atoms with van der Waals surface area (Å²) in [5.41, 5.74) is 4.60. The number of aromatic nitrogens is 4. The van der Waals surface area contributed by atoms with Gasteiger partial charge in [-0.2, -0.15) is 0 Å². The van der Waals surface area contributed by atoms with Crippen molar-refractivity contribution in [1.29, 1.82) is 0 Å². The summed E-state index contributed by atoms with van der Waals surface area (Å²) in [6, 6.07) is 15.9. The summed E-state index contributed by atoms with van der Waals surface area (Å²) in [6.07, 6.45) is 3.33. The molecule has 0 spiro atoms. The third-order valence-corrected chi connectivity index (χ3v) is 6.82. The molecule has 5 rings (SSSR count). The Morgan fingerprint density at radius 1 is 1.00 bits per heavy atom. The zero-order valence-corrected chi connectivity index (χ0v) is 19.2. The zero-order chi connectivity index (χ0) is 22.1. The lowest BCUT2D eigenvalue weighted by atomic mass is 10.1. The summed E-state index contributed by atoms with van der Waals surface area (Å²) in [7, 11) is 0. The molecular weight excluding hydrogens is 438 g/mol. The maximum absolute atomic E-state index is 13.6. The van der Waals surface area contributed by atoms with Crippen LogP contribution < -0.4 is 4.90 Å². The van der Waals surface area contributed by atoms with Crippen molar-refractivity contribution in [3.63, 3.8) is 0 Å². The molecule has 3 aromatic heterocycles. The highest BCUT2D eigenvalue weighted by Gasteiger charge is 2.25. The summed E-state index contributed by atoms with van der Waals surface area (Å²) >= 11 is 2.88. The summed E-state index contributed by atoms with van der Waals surface area (Å²) in [5.74, 6) is 0.318. The van der Waals surface area contributed by atoms with Crippen LogP contribution in [-0.4, -0.2) is 25.8 Å². The Morgan fingerprint density at radius 3 is 2.56 bits per heavy atom. The summed E-state index contributed by atoms with van der Waals surface area (Å²) in [5, 5.41) is 3.03. The molecule has 0 N–H and O–H groups in total. The number of carbonyl (C=O) groups is 1. The van der Waals surface area contributed by atoms with E-state index in [1.165, 1.54) is 28.2 Å². The average Bonchev–Trinajstić information content (AvgIpc) is 3.46. The van der Waals surface area contributed by atoms with Crippen molar-refractivity contribution in [1.82, 2.24) is 19.9 Å². The van der Waals surface area contributed by atoms with Crippen molar-refractivity contribution < 1.29 is 4.79 Å². The van der Waals surface area contributed by atoms with Gasteiger partial charge in [-0.1, -0.05) is 47.7 Å². The van der Waals surface area contributed by atoms with Crippen LogP contribution >= 0.6 is 22.7 Å². The minimum absolute atomic E-state index is 0.194. The molecule has 0 fully saturated rings. The fourth-order valence-electron chi connectivity index (χ4n) is 3.49. The van der Waals surface area contributed by atoms with E-state index in [1.54, 1.807) is 28.7 Å². The maximum atomic E-state index is 13.6. The van der Waals surface area contributed by atoms with Gasteiger partial charge in [0.15, 0.2) is 16.0 Å². The lowest BCUT2D eigenvalue weighted by Gasteiger charge is -2.19. The van der Waals surface area contributed by atoms with E-state index in [0.29, 0.717) is 28.2 Å². The lowest BCUT2D eigenvalue weighted by molar-refractivity contribution is 0.0981. The summed E-state index contributed by atoms with van der Waals surface area (Å²) in [4.78, 5) is 33.2. The van der Waals surface area contributed by atoms with Gasteiger partial charge in [-0.15, -0.1) is 11.3 Å². The number of carbonyl (C=O) groups excluding carboxylic acids is 1. The van der Waals surface area contributed by atoms with E-state index in [0.717, 1.165) is 21.3 Å². The number of amides is 1. The number of anilines is 1. The molecule has 5 aromatic rings. The third-order valence-electron chi connectivity index (χ3n) is 4.96. The molecule has 3 heterocycles. The van der Waals surface area contributed by atoms with Crippen molar-refractivity contribution in [3.8, 4) is 10.8 Å². The first-order valence-corrected chi connectivity index (χ1v) is 11.7. The Balaban J connectivity index is 1.55. The fraction of sp³-hybridized carbons (Fsp3) is 0.125. The molecule has 0 saturated heterocycles.